The minimum absolute atomic E-state index is 0.0760. The van der Waals surface area contributed by atoms with Gasteiger partial charge in [0.25, 0.3) is 0 Å². The number of likely N-dealkylation sites (N-methyl/N-ethyl adjacent to an activating group) is 1. The number of carbonyl (C=O) groups excluding carboxylic acids is 1. The lowest BCUT2D eigenvalue weighted by Crippen LogP contribution is -2.46. The van der Waals surface area contributed by atoms with Crippen LogP contribution < -0.4 is 5.32 Å². The van der Waals surface area contributed by atoms with Crippen LogP contribution in [-0.4, -0.2) is 73.4 Å². The standard InChI is InChI=1S/C67H127N2O6P/c1-6-8-10-12-14-16-18-20-22-23-24-25-26-27-28-29-30-31-32-33-34-35-36-37-38-39-40-41-42-43-44-45-47-49-51-53-55-57-59-61-67(71)68-65(64-75-76(72,73)74-63-62-69(3,4)5)66(70)60-58-56-54-52-50-48-46-21-19-17-15-13-11-9-7-2/h8,10,14,16,20,22,24-25,27-28,65-66,70H,6-7,9,11-13,15,17-19,21,23,26,29-64H2,1-5H3,(H-,68,71,72,73)/p+1/b10-8-,16-14-,22-20-,25-24-,28-27-. The number of hydrogen-bond donors (Lipinski definition) is 3. The van der Waals surface area contributed by atoms with Gasteiger partial charge in [0.15, 0.2) is 0 Å². The predicted molar refractivity (Wildman–Crippen MR) is 332 cm³/mol. The van der Waals surface area contributed by atoms with Crippen LogP contribution in [0.4, 0.5) is 0 Å². The first-order valence-electron chi connectivity index (χ1n) is 32.7. The molecule has 0 rings (SSSR count). The molecule has 0 saturated heterocycles. The Hall–Kier alpha value is -1.80. The molecule has 76 heavy (non-hydrogen) atoms. The van der Waals surface area contributed by atoms with Gasteiger partial charge in [0.05, 0.1) is 39.9 Å². The summed E-state index contributed by atoms with van der Waals surface area (Å²) in [5.74, 6) is -0.139. The Labute approximate surface area is 472 Å². The maximum absolute atomic E-state index is 13.0. The zero-order chi connectivity index (χ0) is 55.6. The molecule has 0 aliphatic rings. The Morgan fingerprint density at radius 1 is 0.461 bits per heavy atom. The van der Waals surface area contributed by atoms with Gasteiger partial charge in [0, 0.05) is 6.42 Å². The van der Waals surface area contributed by atoms with E-state index in [1.54, 1.807) is 0 Å². The molecule has 0 aliphatic heterocycles. The number of aliphatic hydroxyl groups is 1. The topological polar surface area (TPSA) is 105 Å². The average Bonchev–Trinajstić information content (AvgIpc) is 3.38. The Bertz CT molecular complexity index is 1420. The summed E-state index contributed by atoms with van der Waals surface area (Å²) in [6, 6.07) is -0.759. The molecule has 0 aromatic carbocycles. The van der Waals surface area contributed by atoms with Crippen LogP contribution >= 0.6 is 7.82 Å². The summed E-state index contributed by atoms with van der Waals surface area (Å²) in [6.45, 7) is 4.80. The van der Waals surface area contributed by atoms with Crippen molar-refractivity contribution >= 4 is 13.7 Å². The second kappa shape index (κ2) is 57.9. The van der Waals surface area contributed by atoms with Gasteiger partial charge in [-0.3, -0.25) is 13.8 Å². The number of carbonyl (C=O) groups is 1. The maximum Gasteiger partial charge on any atom is 0.472 e. The maximum atomic E-state index is 13.0. The molecular formula is C67H128N2O6P+. The Morgan fingerprint density at radius 2 is 0.789 bits per heavy atom. The summed E-state index contributed by atoms with van der Waals surface area (Å²) in [7, 11) is 1.63. The largest absolute Gasteiger partial charge is 0.472 e. The van der Waals surface area contributed by atoms with E-state index in [-0.39, 0.29) is 19.1 Å². The van der Waals surface area contributed by atoms with E-state index >= 15 is 0 Å². The number of unbranched alkanes of at least 4 members (excludes halogenated alkanes) is 37. The molecule has 0 spiro atoms. The van der Waals surface area contributed by atoms with Gasteiger partial charge in [-0.25, -0.2) is 4.57 Å². The Kier molecular flexibility index (Phi) is 56.5. The van der Waals surface area contributed by atoms with Crippen LogP contribution in [0.5, 0.6) is 0 Å². The molecule has 3 N–H and O–H groups in total. The average molecular weight is 1090 g/mol. The van der Waals surface area contributed by atoms with E-state index in [1.165, 1.54) is 212 Å². The van der Waals surface area contributed by atoms with Crippen molar-refractivity contribution in [3.8, 4) is 0 Å². The zero-order valence-electron chi connectivity index (χ0n) is 51.0. The van der Waals surface area contributed by atoms with Crippen LogP contribution in [0.1, 0.15) is 309 Å². The fraction of sp³-hybridized carbons (Fsp3) is 0.836. The van der Waals surface area contributed by atoms with Crippen molar-refractivity contribution in [1.82, 2.24) is 5.32 Å². The Balaban J connectivity index is 3.89. The molecule has 9 heteroatoms. The molecular weight excluding hydrogens is 960 g/mol. The number of phosphoric ester groups is 1. The van der Waals surface area contributed by atoms with Crippen LogP contribution in [0.3, 0.4) is 0 Å². The molecule has 8 nitrogen and oxygen atoms in total. The highest BCUT2D eigenvalue weighted by molar-refractivity contribution is 7.47. The minimum Gasteiger partial charge on any atom is -0.391 e. The highest BCUT2D eigenvalue weighted by atomic mass is 31.2. The molecule has 3 atom stereocenters. The van der Waals surface area contributed by atoms with Crippen LogP contribution in [0.15, 0.2) is 60.8 Å². The van der Waals surface area contributed by atoms with Gasteiger partial charge >= 0.3 is 7.82 Å². The molecule has 1 amide bonds. The van der Waals surface area contributed by atoms with Crippen LogP contribution in [0, 0.1) is 0 Å². The van der Waals surface area contributed by atoms with E-state index in [1.807, 2.05) is 21.1 Å². The third kappa shape index (κ3) is 59.9. The number of aliphatic hydroxyl groups excluding tert-OH is 1. The van der Waals surface area contributed by atoms with Crippen molar-refractivity contribution in [3.05, 3.63) is 60.8 Å². The van der Waals surface area contributed by atoms with Crippen molar-refractivity contribution in [2.45, 2.75) is 321 Å². The van der Waals surface area contributed by atoms with E-state index in [4.69, 9.17) is 9.05 Å². The summed E-state index contributed by atoms with van der Waals surface area (Å²) in [6.07, 6.45) is 78.9. The van der Waals surface area contributed by atoms with Gasteiger partial charge in [-0.05, 0) is 57.8 Å². The number of nitrogens with one attached hydrogen (secondary N) is 1. The molecule has 0 radical (unpaired) electrons. The number of phosphoric acid groups is 1. The van der Waals surface area contributed by atoms with Gasteiger partial charge in [-0.1, -0.05) is 306 Å². The van der Waals surface area contributed by atoms with E-state index in [0.717, 1.165) is 70.6 Å². The lowest BCUT2D eigenvalue weighted by Gasteiger charge is -2.26. The molecule has 0 aromatic rings. The van der Waals surface area contributed by atoms with E-state index in [9.17, 15) is 19.4 Å². The van der Waals surface area contributed by atoms with Crippen molar-refractivity contribution in [3.63, 3.8) is 0 Å². The molecule has 0 heterocycles. The third-order valence-corrected chi connectivity index (χ3v) is 15.8. The SMILES string of the molecule is CC/C=C\C/C=C\C/C=C\C/C=C\C/C=C\CCCCCCCCCCCCCCCCCCCCCCCCCC(=O)NC(COP(=O)(O)OCC[N+](C)(C)C)C(O)CCCCCCCCCCCCCCCCC. The smallest absolute Gasteiger partial charge is 0.391 e. The van der Waals surface area contributed by atoms with Crippen LogP contribution in [-0.2, 0) is 18.4 Å². The summed E-state index contributed by atoms with van der Waals surface area (Å²) < 4.78 is 23.8. The lowest BCUT2D eigenvalue weighted by atomic mass is 10.0. The van der Waals surface area contributed by atoms with Crippen molar-refractivity contribution < 1.29 is 32.9 Å². The highest BCUT2D eigenvalue weighted by Gasteiger charge is 2.28. The van der Waals surface area contributed by atoms with Crippen molar-refractivity contribution in [1.29, 1.82) is 0 Å². The number of nitrogens with zero attached hydrogens (tertiary/aromatic N) is 1. The zero-order valence-corrected chi connectivity index (χ0v) is 51.9. The summed E-state index contributed by atoms with van der Waals surface area (Å²) in [5, 5.41) is 14.1. The second-order valence-corrected chi connectivity index (χ2v) is 24.9. The molecule has 0 saturated carbocycles. The summed E-state index contributed by atoms with van der Waals surface area (Å²) >= 11 is 0. The molecule has 446 valence electrons. The number of quaternary nitrogens is 1. The summed E-state index contributed by atoms with van der Waals surface area (Å²) in [5.41, 5.74) is 0. The molecule has 0 bridgehead atoms. The van der Waals surface area contributed by atoms with E-state index in [0.29, 0.717) is 23.9 Å². The number of amides is 1. The molecule has 0 aromatic heterocycles. The monoisotopic (exact) mass is 1090 g/mol. The first-order valence-corrected chi connectivity index (χ1v) is 34.1. The van der Waals surface area contributed by atoms with Gasteiger partial charge < -0.3 is 19.8 Å². The van der Waals surface area contributed by atoms with E-state index < -0.39 is 20.0 Å². The fourth-order valence-electron chi connectivity index (χ4n) is 9.72. The number of rotatable bonds is 60. The molecule has 3 unspecified atom stereocenters. The molecule has 0 fully saturated rings. The van der Waals surface area contributed by atoms with Crippen molar-refractivity contribution in [2.24, 2.45) is 0 Å². The second-order valence-electron chi connectivity index (χ2n) is 23.5. The third-order valence-electron chi connectivity index (χ3n) is 14.8. The van der Waals surface area contributed by atoms with Gasteiger partial charge in [-0.15, -0.1) is 0 Å². The Morgan fingerprint density at radius 3 is 1.16 bits per heavy atom. The lowest BCUT2D eigenvalue weighted by molar-refractivity contribution is -0.870. The normalized spacial score (nSPS) is 14.1. The number of allylic oxidation sites excluding steroid dienone is 10. The summed E-state index contributed by atoms with van der Waals surface area (Å²) in [4.78, 5) is 23.4. The molecule has 0 aliphatic carbocycles. The first-order chi connectivity index (χ1) is 37.0. The minimum atomic E-state index is -4.32. The van der Waals surface area contributed by atoms with Crippen molar-refractivity contribution in [2.75, 3.05) is 40.9 Å². The quantitative estimate of drug-likeness (QED) is 0.0243. The van der Waals surface area contributed by atoms with Gasteiger partial charge in [-0.2, -0.15) is 0 Å². The van der Waals surface area contributed by atoms with Gasteiger partial charge in [0.1, 0.15) is 13.2 Å². The predicted octanol–water partition coefficient (Wildman–Crippen LogP) is 20.4. The number of hydrogen-bond acceptors (Lipinski definition) is 5. The van der Waals surface area contributed by atoms with Crippen LogP contribution in [0.25, 0.3) is 0 Å². The van der Waals surface area contributed by atoms with Gasteiger partial charge in [0.2, 0.25) is 5.91 Å². The highest BCUT2D eigenvalue weighted by Crippen LogP contribution is 2.43. The fourth-order valence-corrected chi connectivity index (χ4v) is 10.5. The van der Waals surface area contributed by atoms with Crippen LogP contribution in [0.2, 0.25) is 0 Å². The van der Waals surface area contributed by atoms with E-state index in [2.05, 4.69) is 79.9 Å². The first kappa shape index (κ1) is 74.2.